The largest absolute Gasteiger partial charge is 0.464 e. The van der Waals surface area contributed by atoms with Crippen molar-refractivity contribution in [2.24, 2.45) is 0 Å². The number of nitrogens with two attached hydrogens (primary N) is 1. The monoisotopic (exact) mass is 330 g/mol. The Balaban J connectivity index is 2.63. The van der Waals surface area contributed by atoms with Gasteiger partial charge in [0.1, 0.15) is 5.69 Å². The first-order valence-electron chi connectivity index (χ1n) is 5.44. The van der Waals surface area contributed by atoms with Crippen LogP contribution in [0.5, 0.6) is 0 Å². The fourth-order valence-corrected chi connectivity index (χ4v) is 2.24. The summed E-state index contributed by atoms with van der Waals surface area (Å²) in [5.41, 5.74) is 7.19. The van der Waals surface area contributed by atoms with Crippen LogP contribution in [0.25, 0.3) is 11.3 Å². The van der Waals surface area contributed by atoms with E-state index in [0.29, 0.717) is 22.0 Å². The van der Waals surface area contributed by atoms with Gasteiger partial charge in [0, 0.05) is 5.56 Å². The Bertz CT molecular complexity index is 690. The third-order valence-electron chi connectivity index (χ3n) is 2.61. The molecule has 0 bridgehead atoms. The second-order valence-electron chi connectivity index (χ2n) is 3.85. The van der Waals surface area contributed by atoms with Crippen molar-refractivity contribution in [2.75, 3.05) is 12.8 Å². The van der Waals surface area contributed by atoms with Crippen LogP contribution in [0.1, 0.15) is 10.5 Å². The summed E-state index contributed by atoms with van der Waals surface area (Å²) in [4.78, 5) is 15.7. The van der Waals surface area contributed by atoms with E-state index in [1.165, 1.54) is 13.2 Å². The SMILES string of the molecule is COC(=O)c1ccc(N)c(-c2ccc(Cl)c(Cl)c2Cl)n1. The Morgan fingerprint density at radius 3 is 2.50 bits per heavy atom. The zero-order valence-corrected chi connectivity index (χ0v) is 12.6. The minimum Gasteiger partial charge on any atom is -0.464 e. The molecule has 2 N–H and O–H groups in total. The molecular weight excluding hydrogens is 323 g/mol. The van der Waals surface area contributed by atoms with Crippen LogP contribution in [0.15, 0.2) is 24.3 Å². The lowest BCUT2D eigenvalue weighted by Crippen LogP contribution is -2.06. The topological polar surface area (TPSA) is 65.2 Å². The van der Waals surface area contributed by atoms with E-state index >= 15 is 0 Å². The normalized spacial score (nSPS) is 10.4. The molecule has 4 nitrogen and oxygen atoms in total. The molecule has 0 atom stereocenters. The van der Waals surface area contributed by atoms with Crippen LogP contribution in [-0.4, -0.2) is 18.1 Å². The summed E-state index contributed by atoms with van der Waals surface area (Å²) in [7, 11) is 1.27. The van der Waals surface area contributed by atoms with Crippen molar-refractivity contribution < 1.29 is 9.53 Å². The minimum atomic E-state index is -0.567. The summed E-state index contributed by atoms with van der Waals surface area (Å²) in [6.45, 7) is 0. The highest BCUT2D eigenvalue weighted by Gasteiger charge is 2.16. The van der Waals surface area contributed by atoms with Crippen LogP contribution in [0, 0.1) is 0 Å². The summed E-state index contributed by atoms with van der Waals surface area (Å²) in [6.07, 6.45) is 0. The van der Waals surface area contributed by atoms with E-state index in [-0.39, 0.29) is 15.7 Å². The molecule has 0 spiro atoms. The van der Waals surface area contributed by atoms with E-state index in [2.05, 4.69) is 9.72 Å². The van der Waals surface area contributed by atoms with Crippen molar-refractivity contribution in [1.29, 1.82) is 0 Å². The maximum atomic E-state index is 11.5. The molecule has 2 rings (SSSR count). The van der Waals surface area contributed by atoms with Crippen molar-refractivity contribution in [3.05, 3.63) is 45.0 Å². The van der Waals surface area contributed by atoms with Crippen LogP contribution < -0.4 is 5.73 Å². The third-order valence-corrected chi connectivity index (χ3v) is 3.90. The summed E-state index contributed by atoms with van der Waals surface area (Å²) in [5, 5.41) is 0.749. The van der Waals surface area contributed by atoms with Gasteiger partial charge in [-0.15, -0.1) is 0 Å². The fourth-order valence-electron chi connectivity index (χ4n) is 1.61. The molecule has 1 aromatic carbocycles. The molecule has 0 aliphatic rings. The summed E-state index contributed by atoms with van der Waals surface area (Å²) in [5.74, 6) is -0.567. The highest BCUT2D eigenvalue weighted by atomic mass is 35.5. The first-order chi connectivity index (χ1) is 9.45. The van der Waals surface area contributed by atoms with Crippen molar-refractivity contribution in [3.63, 3.8) is 0 Å². The number of halogens is 3. The van der Waals surface area contributed by atoms with Crippen LogP contribution in [-0.2, 0) is 4.74 Å². The number of ether oxygens (including phenoxy) is 1. The molecule has 2 aromatic rings. The predicted molar refractivity (Wildman–Crippen MR) is 80.5 cm³/mol. The van der Waals surface area contributed by atoms with Crippen LogP contribution in [0.2, 0.25) is 15.1 Å². The van der Waals surface area contributed by atoms with E-state index in [9.17, 15) is 4.79 Å². The van der Waals surface area contributed by atoms with Crippen LogP contribution in [0.3, 0.4) is 0 Å². The van der Waals surface area contributed by atoms with Gasteiger partial charge >= 0.3 is 5.97 Å². The van der Waals surface area contributed by atoms with Crippen molar-refractivity contribution in [1.82, 2.24) is 4.98 Å². The summed E-state index contributed by atoms with van der Waals surface area (Å²) in [6, 6.07) is 6.23. The molecule has 1 aromatic heterocycles. The molecule has 7 heteroatoms. The van der Waals surface area contributed by atoms with E-state index in [1.807, 2.05) is 0 Å². The summed E-state index contributed by atoms with van der Waals surface area (Å²) >= 11 is 18.0. The van der Waals surface area contributed by atoms with Gasteiger partial charge in [-0.3, -0.25) is 0 Å². The second kappa shape index (κ2) is 5.87. The zero-order chi connectivity index (χ0) is 14.9. The van der Waals surface area contributed by atoms with Gasteiger partial charge in [-0.1, -0.05) is 34.8 Å². The first-order valence-corrected chi connectivity index (χ1v) is 6.57. The third kappa shape index (κ3) is 2.68. The smallest absolute Gasteiger partial charge is 0.356 e. The molecule has 104 valence electrons. The van der Waals surface area contributed by atoms with E-state index in [1.54, 1.807) is 18.2 Å². The van der Waals surface area contributed by atoms with Gasteiger partial charge in [0.15, 0.2) is 0 Å². The fraction of sp³-hybridized carbons (Fsp3) is 0.0769. The van der Waals surface area contributed by atoms with Gasteiger partial charge in [0.2, 0.25) is 0 Å². The van der Waals surface area contributed by atoms with Crippen molar-refractivity contribution in [2.45, 2.75) is 0 Å². The van der Waals surface area contributed by atoms with Crippen LogP contribution >= 0.6 is 34.8 Å². The number of hydrogen-bond acceptors (Lipinski definition) is 4. The Morgan fingerprint density at radius 2 is 1.85 bits per heavy atom. The molecule has 1 heterocycles. The lowest BCUT2D eigenvalue weighted by Gasteiger charge is -2.10. The number of rotatable bonds is 2. The van der Waals surface area contributed by atoms with E-state index in [4.69, 9.17) is 40.5 Å². The Hall–Kier alpha value is -1.49. The number of anilines is 1. The average molecular weight is 332 g/mol. The number of aromatic nitrogens is 1. The zero-order valence-electron chi connectivity index (χ0n) is 10.3. The van der Waals surface area contributed by atoms with Gasteiger partial charge < -0.3 is 10.5 Å². The standard InChI is InChI=1S/C13H9Cl3N2O2/c1-20-13(19)9-5-4-8(17)12(18-9)6-2-3-7(14)11(16)10(6)15/h2-5H,17H2,1H3. The molecule has 0 saturated carbocycles. The number of carbonyl (C=O) groups excluding carboxylic acids is 1. The van der Waals surface area contributed by atoms with Gasteiger partial charge in [0.25, 0.3) is 0 Å². The first kappa shape index (κ1) is 14.9. The molecule has 0 amide bonds. The molecular formula is C13H9Cl3N2O2. The molecule has 0 unspecified atom stereocenters. The van der Waals surface area contributed by atoms with Gasteiger partial charge in [-0.2, -0.15) is 0 Å². The molecule has 0 fully saturated rings. The summed E-state index contributed by atoms with van der Waals surface area (Å²) < 4.78 is 4.62. The van der Waals surface area contributed by atoms with E-state index in [0.717, 1.165) is 0 Å². The average Bonchev–Trinajstić information content (AvgIpc) is 2.45. The predicted octanol–water partition coefficient (Wildman–Crippen LogP) is 4.08. The number of hydrogen-bond donors (Lipinski definition) is 1. The molecule has 0 aliphatic heterocycles. The number of pyridine rings is 1. The lowest BCUT2D eigenvalue weighted by atomic mass is 10.1. The molecule has 0 aliphatic carbocycles. The molecule has 0 radical (unpaired) electrons. The van der Waals surface area contributed by atoms with Gasteiger partial charge in [-0.25, -0.2) is 9.78 Å². The van der Waals surface area contributed by atoms with Crippen molar-refractivity contribution >= 4 is 46.5 Å². The molecule has 20 heavy (non-hydrogen) atoms. The quantitative estimate of drug-likeness (QED) is 0.665. The lowest BCUT2D eigenvalue weighted by molar-refractivity contribution is 0.0594. The maximum absolute atomic E-state index is 11.5. The number of benzene rings is 1. The molecule has 0 saturated heterocycles. The number of esters is 1. The Kier molecular flexibility index (Phi) is 4.38. The van der Waals surface area contributed by atoms with E-state index < -0.39 is 5.97 Å². The highest BCUT2D eigenvalue weighted by molar-refractivity contribution is 6.49. The Labute approximate surface area is 130 Å². The highest BCUT2D eigenvalue weighted by Crippen LogP contribution is 2.39. The van der Waals surface area contributed by atoms with Gasteiger partial charge in [0.05, 0.1) is 33.6 Å². The maximum Gasteiger partial charge on any atom is 0.356 e. The second-order valence-corrected chi connectivity index (χ2v) is 5.01. The number of nitrogens with zero attached hydrogens (tertiary/aromatic N) is 1. The van der Waals surface area contributed by atoms with Crippen molar-refractivity contribution in [3.8, 4) is 11.3 Å². The van der Waals surface area contributed by atoms with Crippen LogP contribution in [0.4, 0.5) is 5.69 Å². The van der Waals surface area contributed by atoms with Gasteiger partial charge in [-0.05, 0) is 24.3 Å². The Morgan fingerprint density at radius 1 is 1.15 bits per heavy atom. The minimum absolute atomic E-state index is 0.124. The number of methoxy groups -OCH3 is 1. The number of carbonyl (C=O) groups is 1. The number of nitrogen functional groups attached to an aromatic ring is 1.